The molecule has 0 aliphatic heterocycles. The van der Waals surface area contributed by atoms with Crippen molar-refractivity contribution in [2.24, 2.45) is 17.8 Å². The average molecular weight is 222 g/mol. The van der Waals surface area contributed by atoms with Crippen molar-refractivity contribution in [1.29, 1.82) is 0 Å². The van der Waals surface area contributed by atoms with Gasteiger partial charge in [0.05, 0.1) is 12.2 Å². The monoisotopic (exact) mass is 222 g/mol. The van der Waals surface area contributed by atoms with Crippen LogP contribution < -0.4 is 0 Å². The highest BCUT2D eigenvalue weighted by Gasteiger charge is 2.40. The first kappa shape index (κ1) is 11.9. The van der Waals surface area contributed by atoms with Gasteiger partial charge in [0.25, 0.3) is 0 Å². The molecule has 0 saturated carbocycles. The fraction of sp³-hybridized carbons (Fsp3) is 0.714. The highest BCUT2D eigenvalue weighted by atomic mass is 16.3. The van der Waals surface area contributed by atoms with Gasteiger partial charge in [-0.25, -0.2) is 0 Å². The van der Waals surface area contributed by atoms with Gasteiger partial charge in [0.1, 0.15) is 0 Å². The summed E-state index contributed by atoms with van der Waals surface area (Å²) in [4.78, 5) is 0. The molecule has 0 spiro atoms. The second-order valence-electron chi connectivity index (χ2n) is 5.06. The number of rotatable bonds is 2. The Morgan fingerprint density at radius 2 is 1.88 bits per heavy atom. The van der Waals surface area contributed by atoms with E-state index in [1.807, 2.05) is 0 Å². The second-order valence-corrected chi connectivity index (χ2v) is 5.06. The van der Waals surface area contributed by atoms with Gasteiger partial charge < -0.3 is 10.2 Å². The normalized spacial score (nSPS) is 42.8. The third-order valence-electron chi connectivity index (χ3n) is 4.20. The van der Waals surface area contributed by atoms with Gasteiger partial charge in [0.15, 0.2) is 0 Å². The van der Waals surface area contributed by atoms with Crippen LogP contribution in [0.5, 0.6) is 0 Å². The van der Waals surface area contributed by atoms with Crippen LogP contribution in [0, 0.1) is 17.8 Å². The van der Waals surface area contributed by atoms with Gasteiger partial charge in [0.2, 0.25) is 0 Å². The molecule has 2 rings (SSSR count). The molecule has 16 heavy (non-hydrogen) atoms. The van der Waals surface area contributed by atoms with E-state index in [2.05, 4.69) is 19.9 Å². The molecule has 0 aromatic rings. The number of hydrogen-bond acceptors (Lipinski definition) is 2. The van der Waals surface area contributed by atoms with Crippen LogP contribution in [-0.4, -0.2) is 22.4 Å². The van der Waals surface area contributed by atoms with Gasteiger partial charge >= 0.3 is 0 Å². The minimum absolute atomic E-state index is 0.209. The number of fused-ring (bicyclic) bond motifs is 1. The van der Waals surface area contributed by atoms with Gasteiger partial charge in [-0.1, -0.05) is 37.6 Å². The fourth-order valence-electron chi connectivity index (χ4n) is 3.24. The fourth-order valence-corrected chi connectivity index (χ4v) is 3.24. The molecule has 2 aliphatic rings. The van der Waals surface area contributed by atoms with E-state index in [-0.39, 0.29) is 24.0 Å². The van der Waals surface area contributed by atoms with E-state index >= 15 is 0 Å². The molecule has 0 aromatic heterocycles. The summed E-state index contributed by atoms with van der Waals surface area (Å²) in [5.41, 5.74) is 1.44. The Morgan fingerprint density at radius 1 is 1.19 bits per heavy atom. The van der Waals surface area contributed by atoms with Gasteiger partial charge in [-0.05, 0) is 31.1 Å². The van der Waals surface area contributed by atoms with E-state index in [0.717, 1.165) is 19.3 Å². The highest BCUT2D eigenvalue weighted by molar-refractivity contribution is 5.19. The molecule has 2 nitrogen and oxygen atoms in total. The van der Waals surface area contributed by atoms with Crippen LogP contribution in [0.25, 0.3) is 0 Å². The number of hydrogen-bond donors (Lipinski definition) is 2. The van der Waals surface area contributed by atoms with Gasteiger partial charge in [-0.3, -0.25) is 0 Å². The maximum Gasteiger partial charge on any atom is 0.0759 e. The first-order chi connectivity index (χ1) is 7.67. The lowest BCUT2D eigenvalue weighted by atomic mass is 9.65. The Hall–Kier alpha value is -0.600. The Kier molecular flexibility index (Phi) is 3.50. The summed E-state index contributed by atoms with van der Waals surface area (Å²) in [5.74, 6) is 0.841. The van der Waals surface area contributed by atoms with Crippen LogP contribution in [0.2, 0.25) is 0 Å². The molecule has 0 radical (unpaired) electrons. The predicted octanol–water partition coefficient (Wildman–Crippen LogP) is 2.28. The van der Waals surface area contributed by atoms with Crippen molar-refractivity contribution in [1.82, 2.24) is 0 Å². The predicted molar refractivity (Wildman–Crippen MR) is 64.9 cm³/mol. The maximum absolute atomic E-state index is 10.1. The summed E-state index contributed by atoms with van der Waals surface area (Å²) in [7, 11) is 0. The molecule has 2 N–H and O–H groups in total. The quantitative estimate of drug-likeness (QED) is 0.704. The summed E-state index contributed by atoms with van der Waals surface area (Å²) in [6, 6.07) is 0. The Balaban J connectivity index is 2.29. The van der Waals surface area contributed by atoms with Crippen LogP contribution >= 0.6 is 0 Å². The lowest BCUT2D eigenvalue weighted by molar-refractivity contribution is 0.00572. The van der Waals surface area contributed by atoms with Gasteiger partial charge in [0, 0.05) is 5.92 Å². The highest BCUT2D eigenvalue weighted by Crippen LogP contribution is 2.42. The summed E-state index contributed by atoms with van der Waals surface area (Å²) < 4.78 is 0. The molecule has 0 aromatic carbocycles. The summed E-state index contributed by atoms with van der Waals surface area (Å²) in [5, 5.41) is 20.1. The molecular formula is C14H22O2. The van der Waals surface area contributed by atoms with Crippen LogP contribution in [0.4, 0.5) is 0 Å². The van der Waals surface area contributed by atoms with Crippen molar-refractivity contribution in [3.63, 3.8) is 0 Å². The molecule has 2 heteroatoms. The van der Waals surface area contributed by atoms with Crippen LogP contribution in [0.1, 0.15) is 33.1 Å². The zero-order valence-electron chi connectivity index (χ0n) is 10.1. The number of aliphatic hydroxyl groups excluding tert-OH is 2. The summed E-state index contributed by atoms with van der Waals surface area (Å²) >= 11 is 0. The van der Waals surface area contributed by atoms with E-state index < -0.39 is 0 Å². The standard InChI is InChI=1S/C14H22O2/c1-3-9-7-10(4-2)14-11(8-9)12(15)5-6-13(14)16/h5-7,10-16H,3-4,8H2,1-2H3/t10-,11-,12-,13+,14-/m0/s1. The molecular weight excluding hydrogens is 200 g/mol. The number of aliphatic hydroxyl groups is 2. The largest absolute Gasteiger partial charge is 0.389 e. The molecule has 0 fully saturated rings. The smallest absolute Gasteiger partial charge is 0.0759 e. The third-order valence-corrected chi connectivity index (χ3v) is 4.20. The molecule has 0 heterocycles. The van der Waals surface area contributed by atoms with E-state index in [1.54, 1.807) is 12.2 Å². The summed E-state index contributed by atoms with van der Waals surface area (Å²) in [6.45, 7) is 4.33. The molecule has 0 saturated heterocycles. The van der Waals surface area contributed by atoms with Crippen LogP contribution in [0.3, 0.4) is 0 Å². The van der Waals surface area contributed by atoms with Crippen molar-refractivity contribution in [3.8, 4) is 0 Å². The minimum atomic E-state index is -0.381. The van der Waals surface area contributed by atoms with Crippen molar-refractivity contribution in [2.75, 3.05) is 0 Å². The van der Waals surface area contributed by atoms with Gasteiger partial charge in [-0.15, -0.1) is 0 Å². The van der Waals surface area contributed by atoms with E-state index in [4.69, 9.17) is 0 Å². The molecule has 2 aliphatic carbocycles. The lowest BCUT2D eigenvalue weighted by Gasteiger charge is -2.43. The summed E-state index contributed by atoms with van der Waals surface area (Å²) in [6.07, 6.45) is 8.15. The Morgan fingerprint density at radius 3 is 2.50 bits per heavy atom. The van der Waals surface area contributed by atoms with Gasteiger partial charge in [-0.2, -0.15) is 0 Å². The molecule has 0 amide bonds. The first-order valence-corrected chi connectivity index (χ1v) is 6.41. The average Bonchev–Trinajstić information content (AvgIpc) is 2.32. The maximum atomic E-state index is 10.1. The van der Waals surface area contributed by atoms with Crippen molar-refractivity contribution >= 4 is 0 Å². The van der Waals surface area contributed by atoms with Crippen molar-refractivity contribution in [3.05, 3.63) is 23.8 Å². The molecule has 5 atom stereocenters. The van der Waals surface area contributed by atoms with Crippen LogP contribution in [0.15, 0.2) is 23.8 Å². The van der Waals surface area contributed by atoms with E-state index in [1.165, 1.54) is 5.57 Å². The molecule has 0 bridgehead atoms. The zero-order chi connectivity index (χ0) is 11.7. The van der Waals surface area contributed by atoms with E-state index in [9.17, 15) is 10.2 Å². The third kappa shape index (κ3) is 1.96. The Labute approximate surface area is 97.7 Å². The zero-order valence-corrected chi connectivity index (χ0v) is 10.1. The first-order valence-electron chi connectivity index (χ1n) is 6.41. The minimum Gasteiger partial charge on any atom is -0.389 e. The van der Waals surface area contributed by atoms with Crippen LogP contribution in [-0.2, 0) is 0 Å². The number of allylic oxidation sites excluding steroid dienone is 2. The molecule has 0 unspecified atom stereocenters. The molecule has 90 valence electrons. The lowest BCUT2D eigenvalue weighted by Crippen LogP contribution is -2.43. The van der Waals surface area contributed by atoms with E-state index in [0.29, 0.717) is 5.92 Å². The Bertz CT molecular complexity index is 306. The topological polar surface area (TPSA) is 40.5 Å². The second kappa shape index (κ2) is 4.72. The van der Waals surface area contributed by atoms with Crippen molar-refractivity contribution in [2.45, 2.75) is 45.3 Å². The van der Waals surface area contributed by atoms with Crippen molar-refractivity contribution < 1.29 is 10.2 Å². The SMILES string of the molecule is CCC1=C[C@H](CC)[C@H]2[C@@H](C1)[C@@H](O)C=C[C@H]2O.